The lowest BCUT2D eigenvalue weighted by molar-refractivity contribution is -0.139. The van der Waals surface area contributed by atoms with E-state index in [1.54, 1.807) is 48.5 Å². The molecule has 2 bridgehead atoms. The molecule has 202 valence electrons. The SMILES string of the molecule is CCOc1ccc(NC(=O)[C@H]2[C@@H]3OC4(CC3Br)C(C(=O)Nc3ccc(Cl)cc3)N(CCCO)C(=O)[C@H]24)cc1. The van der Waals surface area contributed by atoms with Crippen LogP contribution in [-0.4, -0.2) is 70.1 Å². The zero-order chi connectivity index (χ0) is 27.0. The zero-order valence-corrected chi connectivity index (χ0v) is 23.1. The molecule has 9 nitrogen and oxygen atoms in total. The van der Waals surface area contributed by atoms with E-state index in [0.717, 1.165) is 0 Å². The third-order valence-electron chi connectivity index (χ3n) is 7.44. The number of hydrogen-bond acceptors (Lipinski definition) is 6. The van der Waals surface area contributed by atoms with Crippen molar-refractivity contribution in [1.82, 2.24) is 4.90 Å². The number of amides is 3. The molecule has 3 aliphatic heterocycles. The minimum absolute atomic E-state index is 0.140. The fourth-order valence-corrected chi connectivity index (χ4v) is 7.05. The van der Waals surface area contributed by atoms with E-state index in [2.05, 4.69) is 26.6 Å². The molecule has 3 aliphatic rings. The molecular formula is C27H29BrClN3O6. The second-order valence-corrected chi connectivity index (χ2v) is 11.3. The molecule has 2 aromatic rings. The lowest BCUT2D eigenvalue weighted by Crippen LogP contribution is -2.54. The predicted octanol–water partition coefficient (Wildman–Crippen LogP) is 3.45. The second-order valence-electron chi connectivity index (χ2n) is 9.72. The van der Waals surface area contributed by atoms with Gasteiger partial charge in [-0.15, -0.1) is 0 Å². The van der Waals surface area contributed by atoms with E-state index in [-0.39, 0.29) is 29.8 Å². The molecule has 3 heterocycles. The number of benzene rings is 2. The molecule has 3 amide bonds. The van der Waals surface area contributed by atoms with E-state index < -0.39 is 35.5 Å². The number of nitrogens with one attached hydrogen (secondary N) is 2. The van der Waals surface area contributed by atoms with Crippen LogP contribution in [0.2, 0.25) is 5.02 Å². The molecule has 0 saturated carbocycles. The third kappa shape index (κ3) is 4.68. The molecule has 0 aromatic heterocycles. The van der Waals surface area contributed by atoms with Crippen LogP contribution >= 0.6 is 27.5 Å². The Labute approximate surface area is 233 Å². The number of anilines is 2. The van der Waals surface area contributed by atoms with Crippen molar-refractivity contribution in [3.63, 3.8) is 0 Å². The number of nitrogens with zero attached hydrogens (tertiary/aromatic N) is 1. The molecule has 11 heteroatoms. The van der Waals surface area contributed by atoms with E-state index in [4.69, 9.17) is 21.1 Å². The fraction of sp³-hybridized carbons (Fsp3) is 0.444. The van der Waals surface area contributed by atoms with Crippen LogP contribution in [0.4, 0.5) is 11.4 Å². The number of likely N-dealkylation sites (tertiary alicyclic amines) is 1. The highest BCUT2D eigenvalue weighted by atomic mass is 79.9. The molecule has 5 rings (SSSR count). The maximum atomic E-state index is 13.8. The first-order valence-electron chi connectivity index (χ1n) is 12.6. The first kappa shape index (κ1) is 26.9. The molecule has 3 saturated heterocycles. The van der Waals surface area contributed by atoms with E-state index in [1.165, 1.54) is 4.90 Å². The average Bonchev–Trinajstić information content (AvgIpc) is 3.48. The van der Waals surface area contributed by atoms with Crippen LogP contribution in [0.15, 0.2) is 48.5 Å². The maximum Gasteiger partial charge on any atom is 0.250 e. The third-order valence-corrected chi connectivity index (χ3v) is 8.54. The Hall–Kier alpha value is -2.66. The van der Waals surface area contributed by atoms with Gasteiger partial charge in [0.25, 0.3) is 0 Å². The lowest BCUT2D eigenvalue weighted by Gasteiger charge is -2.34. The summed E-state index contributed by atoms with van der Waals surface area (Å²) in [5.74, 6) is -2.00. The van der Waals surface area contributed by atoms with Gasteiger partial charge in [0.1, 0.15) is 17.4 Å². The van der Waals surface area contributed by atoms with Gasteiger partial charge < -0.3 is 30.1 Å². The van der Waals surface area contributed by atoms with E-state index >= 15 is 0 Å². The standard InChI is InChI=1S/C27H29BrClN3O6/c1-2-37-18-10-8-17(9-11-18)30-24(34)20-21-26(36)32(12-3-13-33)23(27(21)14-19(28)22(20)38-27)25(35)31-16-6-4-15(29)5-7-16/h4-11,19-23,33H,2-3,12-14H2,1H3,(H,30,34)(H,31,35)/t19?,20-,21+,22-,23?,27?/m1/s1. The number of fused-ring (bicyclic) bond motifs is 1. The van der Waals surface area contributed by atoms with Gasteiger partial charge in [-0.1, -0.05) is 27.5 Å². The van der Waals surface area contributed by atoms with Gasteiger partial charge in [-0.25, -0.2) is 0 Å². The van der Waals surface area contributed by atoms with Gasteiger partial charge in [-0.3, -0.25) is 14.4 Å². The summed E-state index contributed by atoms with van der Waals surface area (Å²) in [7, 11) is 0. The number of alkyl halides is 1. The normalized spacial score (nSPS) is 29.3. The van der Waals surface area contributed by atoms with Crippen LogP contribution < -0.4 is 15.4 Å². The molecule has 2 aromatic carbocycles. The van der Waals surface area contributed by atoms with Crippen molar-refractivity contribution < 1.29 is 29.0 Å². The summed E-state index contributed by atoms with van der Waals surface area (Å²) < 4.78 is 11.9. The topological polar surface area (TPSA) is 117 Å². The number of rotatable bonds is 9. The number of hydrogen-bond donors (Lipinski definition) is 3. The number of carbonyl (C=O) groups is 3. The first-order valence-corrected chi connectivity index (χ1v) is 13.9. The van der Waals surface area contributed by atoms with Crippen molar-refractivity contribution in [2.24, 2.45) is 11.8 Å². The minimum Gasteiger partial charge on any atom is -0.494 e. The van der Waals surface area contributed by atoms with Crippen molar-refractivity contribution in [3.8, 4) is 5.75 Å². The van der Waals surface area contributed by atoms with Crippen LogP contribution in [0.25, 0.3) is 0 Å². The van der Waals surface area contributed by atoms with Crippen LogP contribution in [0.5, 0.6) is 5.75 Å². The summed E-state index contributed by atoms with van der Waals surface area (Å²) >= 11 is 9.63. The molecule has 38 heavy (non-hydrogen) atoms. The number of halogens is 2. The fourth-order valence-electron chi connectivity index (χ4n) is 5.98. The van der Waals surface area contributed by atoms with Crippen molar-refractivity contribution in [1.29, 1.82) is 0 Å². The number of aliphatic hydroxyl groups excluding tert-OH is 1. The van der Waals surface area contributed by atoms with Crippen LogP contribution in [-0.2, 0) is 19.1 Å². The Kier molecular flexibility index (Phi) is 7.68. The second kappa shape index (κ2) is 10.8. The lowest BCUT2D eigenvalue weighted by atomic mass is 9.70. The molecule has 3 fully saturated rings. The minimum atomic E-state index is -1.18. The van der Waals surface area contributed by atoms with Crippen LogP contribution in [0, 0.1) is 11.8 Å². The first-order chi connectivity index (χ1) is 18.3. The zero-order valence-electron chi connectivity index (χ0n) is 20.7. The van der Waals surface area contributed by atoms with Gasteiger partial charge >= 0.3 is 0 Å². The largest absolute Gasteiger partial charge is 0.494 e. The van der Waals surface area contributed by atoms with E-state index in [0.29, 0.717) is 41.6 Å². The monoisotopic (exact) mass is 605 g/mol. The highest BCUT2D eigenvalue weighted by Crippen LogP contribution is 2.60. The number of carbonyl (C=O) groups excluding carboxylic acids is 3. The summed E-state index contributed by atoms with van der Waals surface area (Å²) in [5.41, 5.74) is -0.0783. The Bertz CT molecular complexity index is 1210. The highest BCUT2D eigenvalue weighted by molar-refractivity contribution is 9.09. The molecule has 0 aliphatic carbocycles. The molecule has 3 N–H and O–H groups in total. The Morgan fingerprint density at radius 3 is 2.39 bits per heavy atom. The van der Waals surface area contributed by atoms with Crippen molar-refractivity contribution in [2.45, 2.75) is 42.3 Å². The van der Waals surface area contributed by atoms with E-state index in [1.807, 2.05) is 6.92 Å². The average molecular weight is 607 g/mol. The molecule has 3 unspecified atom stereocenters. The van der Waals surface area contributed by atoms with Gasteiger partial charge in [-0.2, -0.15) is 0 Å². The van der Waals surface area contributed by atoms with Gasteiger partial charge in [0.2, 0.25) is 17.7 Å². The van der Waals surface area contributed by atoms with Gasteiger partial charge in [0, 0.05) is 34.4 Å². The summed E-state index contributed by atoms with van der Waals surface area (Å²) in [6.45, 7) is 2.45. The van der Waals surface area contributed by atoms with E-state index in [9.17, 15) is 19.5 Å². The quantitative estimate of drug-likeness (QED) is 0.377. The number of ether oxygens (including phenoxy) is 2. The van der Waals surface area contributed by atoms with Crippen LogP contribution in [0.3, 0.4) is 0 Å². The smallest absolute Gasteiger partial charge is 0.250 e. The number of aliphatic hydroxyl groups is 1. The summed E-state index contributed by atoms with van der Waals surface area (Å²) in [6.07, 6.45) is 0.121. The van der Waals surface area contributed by atoms with Gasteiger partial charge in [-0.05, 0) is 68.3 Å². The predicted molar refractivity (Wildman–Crippen MR) is 145 cm³/mol. The summed E-state index contributed by atoms with van der Waals surface area (Å²) in [4.78, 5) is 42.4. The van der Waals surface area contributed by atoms with Crippen molar-refractivity contribution in [3.05, 3.63) is 53.6 Å². The molecule has 6 atom stereocenters. The maximum absolute atomic E-state index is 13.8. The Morgan fingerprint density at radius 1 is 1.13 bits per heavy atom. The highest BCUT2D eigenvalue weighted by Gasteiger charge is 2.76. The Morgan fingerprint density at radius 2 is 1.76 bits per heavy atom. The Balaban J connectivity index is 1.43. The molecule has 1 spiro atoms. The molecule has 0 radical (unpaired) electrons. The van der Waals surface area contributed by atoms with Crippen molar-refractivity contribution >= 4 is 56.6 Å². The summed E-state index contributed by atoms with van der Waals surface area (Å²) in [6, 6.07) is 12.7. The van der Waals surface area contributed by atoms with Crippen LogP contribution in [0.1, 0.15) is 19.8 Å². The van der Waals surface area contributed by atoms with Gasteiger partial charge in [0.15, 0.2) is 0 Å². The van der Waals surface area contributed by atoms with Gasteiger partial charge in [0.05, 0.1) is 24.5 Å². The van der Waals surface area contributed by atoms with Crippen molar-refractivity contribution in [2.75, 3.05) is 30.4 Å². The summed E-state index contributed by atoms with van der Waals surface area (Å²) in [5, 5.41) is 15.8. The molecular weight excluding hydrogens is 578 g/mol.